The molecule has 0 aromatic carbocycles. The van der Waals surface area contributed by atoms with E-state index >= 15 is 0 Å². The van der Waals surface area contributed by atoms with Gasteiger partial charge in [0, 0.05) is 39.9 Å². The van der Waals surface area contributed by atoms with E-state index < -0.39 is 0 Å². The molecule has 0 fully saturated rings. The molecule has 0 aliphatic heterocycles. The molecule has 1 rings (SSSR count). The van der Waals surface area contributed by atoms with Gasteiger partial charge in [-0.2, -0.15) is 0 Å². The van der Waals surface area contributed by atoms with Crippen molar-refractivity contribution in [2.24, 2.45) is 0 Å². The van der Waals surface area contributed by atoms with Crippen molar-refractivity contribution in [1.82, 2.24) is 9.97 Å². The van der Waals surface area contributed by atoms with Gasteiger partial charge in [0.25, 0.3) is 0 Å². The van der Waals surface area contributed by atoms with Crippen molar-refractivity contribution < 1.29 is 4.74 Å². The summed E-state index contributed by atoms with van der Waals surface area (Å²) in [4.78, 5) is 10.7. The van der Waals surface area contributed by atoms with E-state index in [1.54, 1.807) is 13.4 Å². The highest BCUT2D eigenvalue weighted by Crippen LogP contribution is 2.13. The molecule has 0 saturated heterocycles. The summed E-state index contributed by atoms with van der Waals surface area (Å²) in [5.74, 6) is 1.84. The highest BCUT2D eigenvalue weighted by atomic mass is 16.5. The Kier molecular flexibility index (Phi) is 7.10. The Morgan fingerprint density at radius 3 is 2.89 bits per heavy atom. The number of rotatable bonds is 9. The Hall–Kier alpha value is -1.36. The lowest BCUT2D eigenvalue weighted by Gasteiger charge is -2.18. The Bertz CT molecular complexity index is 333. The van der Waals surface area contributed by atoms with Crippen LogP contribution in [0.5, 0.6) is 0 Å². The molecule has 5 heteroatoms. The summed E-state index contributed by atoms with van der Waals surface area (Å²) in [6.45, 7) is 4.84. The Labute approximate surface area is 110 Å². The molecule has 0 radical (unpaired) electrons. The highest BCUT2D eigenvalue weighted by Gasteiger charge is 2.03. The van der Waals surface area contributed by atoms with Crippen LogP contribution in [0.3, 0.4) is 0 Å². The van der Waals surface area contributed by atoms with Crippen LogP contribution in [0.2, 0.25) is 0 Å². The van der Waals surface area contributed by atoms with Crippen molar-refractivity contribution in [3.8, 4) is 0 Å². The van der Waals surface area contributed by atoms with Crippen molar-refractivity contribution in [2.45, 2.75) is 26.2 Å². The van der Waals surface area contributed by atoms with Gasteiger partial charge in [-0.3, -0.25) is 0 Å². The van der Waals surface area contributed by atoms with Crippen LogP contribution < -0.4 is 10.2 Å². The minimum atomic E-state index is 0.765. The number of methoxy groups -OCH3 is 1. The molecule has 0 saturated carbocycles. The molecular weight excluding hydrogens is 228 g/mol. The van der Waals surface area contributed by atoms with E-state index in [0.717, 1.165) is 37.8 Å². The Balaban J connectivity index is 2.45. The first-order valence-corrected chi connectivity index (χ1v) is 6.54. The molecule has 1 aromatic rings. The van der Waals surface area contributed by atoms with Gasteiger partial charge in [-0.25, -0.2) is 9.97 Å². The average Bonchev–Trinajstić information content (AvgIpc) is 2.41. The van der Waals surface area contributed by atoms with E-state index in [-0.39, 0.29) is 0 Å². The number of nitrogens with one attached hydrogen (secondary N) is 1. The lowest BCUT2D eigenvalue weighted by molar-refractivity contribution is 0.198. The molecule has 0 aliphatic rings. The fourth-order valence-corrected chi connectivity index (χ4v) is 1.60. The molecule has 0 spiro atoms. The molecular formula is C13H24N4O. The molecule has 1 aromatic heterocycles. The average molecular weight is 252 g/mol. The number of ether oxygens (including phenoxy) is 1. The van der Waals surface area contributed by atoms with Gasteiger partial charge in [-0.1, -0.05) is 13.3 Å². The maximum Gasteiger partial charge on any atom is 0.133 e. The molecule has 0 bridgehead atoms. The lowest BCUT2D eigenvalue weighted by Crippen LogP contribution is -2.20. The predicted octanol–water partition coefficient (Wildman–Crippen LogP) is 2.16. The van der Waals surface area contributed by atoms with Crippen LogP contribution in [0.15, 0.2) is 12.4 Å². The zero-order chi connectivity index (χ0) is 13.2. The molecule has 1 N–H and O–H groups in total. The molecule has 0 aliphatic carbocycles. The maximum absolute atomic E-state index is 5.01. The number of aromatic nitrogens is 2. The van der Waals surface area contributed by atoms with E-state index in [4.69, 9.17) is 4.74 Å². The first kappa shape index (κ1) is 14.7. The zero-order valence-corrected chi connectivity index (χ0v) is 11.6. The number of anilines is 2. The summed E-state index contributed by atoms with van der Waals surface area (Å²) in [6, 6.07) is 1.99. The summed E-state index contributed by atoms with van der Waals surface area (Å²) < 4.78 is 5.01. The second-order valence-corrected chi connectivity index (χ2v) is 4.31. The van der Waals surface area contributed by atoms with Gasteiger partial charge in [0.15, 0.2) is 0 Å². The third-order valence-corrected chi connectivity index (χ3v) is 2.72. The SMILES string of the molecule is CCCCN(C)c1cc(NCCCOC)ncn1. The monoisotopic (exact) mass is 252 g/mol. The molecule has 102 valence electrons. The fraction of sp³-hybridized carbons (Fsp3) is 0.692. The molecule has 18 heavy (non-hydrogen) atoms. The fourth-order valence-electron chi connectivity index (χ4n) is 1.60. The first-order chi connectivity index (χ1) is 8.77. The van der Waals surface area contributed by atoms with Crippen LogP contribution >= 0.6 is 0 Å². The Morgan fingerprint density at radius 1 is 1.33 bits per heavy atom. The molecule has 0 amide bonds. The third-order valence-electron chi connectivity index (χ3n) is 2.72. The van der Waals surface area contributed by atoms with E-state index in [9.17, 15) is 0 Å². The van der Waals surface area contributed by atoms with Gasteiger partial charge in [-0.15, -0.1) is 0 Å². The molecule has 0 atom stereocenters. The topological polar surface area (TPSA) is 50.3 Å². The van der Waals surface area contributed by atoms with Crippen molar-refractivity contribution in [1.29, 1.82) is 0 Å². The maximum atomic E-state index is 5.01. The summed E-state index contributed by atoms with van der Waals surface area (Å²) in [7, 11) is 3.78. The summed E-state index contributed by atoms with van der Waals surface area (Å²) in [6.07, 6.45) is 4.95. The predicted molar refractivity (Wildman–Crippen MR) is 75.2 cm³/mol. The van der Waals surface area contributed by atoms with E-state index in [1.165, 1.54) is 12.8 Å². The van der Waals surface area contributed by atoms with Crippen LogP contribution in [-0.2, 0) is 4.74 Å². The van der Waals surface area contributed by atoms with Crippen molar-refractivity contribution >= 4 is 11.6 Å². The number of unbranched alkanes of at least 4 members (excludes halogenated alkanes) is 1. The number of hydrogen-bond donors (Lipinski definition) is 1. The summed E-state index contributed by atoms with van der Waals surface area (Å²) in [5.41, 5.74) is 0. The van der Waals surface area contributed by atoms with E-state index in [0.29, 0.717) is 0 Å². The van der Waals surface area contributed by atoms with Gasteiger partial charge in [0.2, 0.25) is 0 Å². The van der Waals surface area contributed by atoms with Crippen LogP contribution in [0, 0.1) is 0 Å². The van der Waals surface area contributed by atoms with Crippen LogP contribution in [0.1, 0.15) is 26.2 Å². The normalized spacial score (nSPS) is 10.4. The van der Waals surface area contributed by atoms with Crippen LogP contribution in [-0.4, -0.2) is 43.8 Å². The van der Waals surface area contributed by atoms with Gasteiger partial charge in [0.1, 0.15) is 18.0 Å². The van der Waals surface area contributed by atoms with Gasteiger partial charge < -0.3 is 15.0 Å². The van der Waals surface area contributed by atoms with Crippen LogP contribution in [0.4, 0.5) is 11.6 Å². The van der Waals surface area contributed by atoms with Crippen molar-refractivity contribution in [2.75, 3.05) is 44.1 Å². The second-order valence-electron chi connectivity index (χ2n) is 4.31. The quantitative estimate of drug-likeness (QED) is 0.683. The van der Waals surface area contributed by atoms with Gasteiger partial charge >= 0.3 is 0 Å². The summed E-state index contributed by atoms with van der Waals surface area (Å²) in [5, 5.41) is 3.27. The minimum absolute atomic E-state index is 0.765. The van der Waals surface area contributed by atoms with E-state index in [1.807, 2.05) is 6.07 Å². The molecule has 1 heterocycles. The highest BCUT2D eigenvalue weighted by molar-refractivity contribution is 5.47. The number of nitrogens with zero attached hydrogens (tertiary/aromatic N) is 3. The lowest BCUT2D eigenvalue weighted by atomic mass is 10.3. The summed E-state index contributed by atoms with van der Waals surface area (Å²) >= 11 is 0. The number of hydrogen-bond acceptors (Lipinski definition) is 5. The smallest absolute Gasteiger partial charge is 0.133 e. The van der Waals surface area contributed by atoms with Gasteiger partial charge in [-0.05, 0) is 12.8 Å². The van der Waals surface area contributed by atoms with Crippen molar-refractivity contribution in [3.05, 3.63) is 12.4 Å². The standard InChI is InChI=1S/C13H24N4O/c1-4-5-8-17(2)13-10-12(15-11-16-13)14-7-6-9-18-3/h10-11H,4-9H2,1-3H3,(H,14,15,16). The van der Waals surface area contributed by atoms with Gasteiger partial charge in [0.05, 0.1) is 0 Å². The minimum Gasteiger partial charge on any atom is -0.385 e. The first-order valence-electron chi connectivity index (χ1n) is 6.54. The zero-order valence-electron chi connectivity index (χ0n) is 11.6. The van der Waals surface area contributed by atoms with Crippen LogP contribution in [0.25, 0.3) is 0 Å². The largest absolute Gasteiger partial charge is 0.385 e. The molecule has 0 unspecified atom stereocenters. The van der Waals surface area contributed by atoms with Crippen molar-refractivity contribution in [3.63, 3.8) is 0 Å². The Morgan fingerprint density at radius 2 is 2.17 bits per heavy atom. The second kappa shape index (κ2) is 8.69. The van der Waals surface area contributed by atoms with E-state index in [2.05, 4.69) is 34.2 Å². The third kappa shape index (κ3) is 5.31. The molecule has 5 nitrogen and oxygen atoms in total.